The van der Waals surface area contributed by atoms with Crippen LogP contribution in [0.4, 0.5) is 0 Å². The van der Waals surface area contributed by atoms with E-state index < -0.39 is 0 Å². The Balaban J connectivity index is 1.49. The van der Waals surface area contributed by atoms with Crippen LogP contribution in [0.3, 0.4) is 0 Å². The number of benzene rings is 1. The Morgan fingerprint density at radius 2 is 1.90 bits per heavy atom. The van der Waals surface area contributed by atoms with Crippen molar-refractivity contribution in [3.8, 4) is 11.6 Å². The summed E-state index contributed by atoms with van der Waals surface area (Å²) in [5, 5.41) is 0.683. The highest BCUT2D eigenvalue weighted by molar-refractivity contribution is 6.30. The second-order valence-electron chi connectivity index (χ2n) is 8.40. The minimum Gasteiger partial charge on any atom is -0.439 e. The predicted octanol–water partition coefficient (Wildman–Crippen LogP) is 5.17. The lowest BCUT2D eigenvalue weighted by Gasteiger charge is -2.29. The number of pyridine rings is 1. The van der Waals surface area contributed by atoms with Gasteiger partial charge >= 0.3 is 0 Å². The molecule has 0 radical (unpaired) electrons. The molecular formula is C23H25ClN4O. The molecule has 1 aliphatic rings. The molecule has 0 atom stereocenters. The maximum Gasteiger partial charge on any atom is 0.223 e. The molecule has 6 heteroatoms. The highest BCUT2D eigenvalue weighted by atomic mass is 35.5. The molecule has 1 aromatic carbocycles. The van der Waals surface area contributed by atoms with Crippen LogP contribution in [0.5, 0.6) is 11.6 Å². The molecule has 0 saturated heterocycles. The Labute approximate surface area is 176 Å². The molecule has 3 heterocycles. The molecule has 4 rings (SSSR count). The maximum absolute atomic E-state index is 6.01. The van der Waals surface area contributed by atoms with E-state index in [9.17, 15) is 0 Å². The molecule has 1 aliphatic heterocycles. The lowest BCUT2D eigenvalue weighted by atomic mass is 9.95. The molecule has 0 unspecified atom stereocenters. The van der Waals surface area contributed by atoms with Gasteiger partial charge in [0.1, 0.15) is 11.6 Å². The summed E-state index contributed by atoms with van der Waals surface area (Å²) < 4.78 is 6.01. The first kappa shape index (κ1) is 19.8. The van der Waals surface area contributed by atoms with Gasteiger partial charge in [-0.05, 0) is 30.3 Å². The lowest BCUT2D eigenvalue weighted by molar-refractivity contribution is 0.239. The number of ether oxygens (including phenoxy) is 1. The van der Waals surface area contributed by atoms with Crippen LogP contribution in [-0.4, -0.2) is 26.4 Å². The molecule has 0 spiro atoms. The smallest absolute Gasteiger partial charge is 0.223 e. The first-order valence-electron chi connectivity index (χ1n) is 9.83. The first-order valence-corrected chi connectivity index (χ1v) is 10.2. The summed E-state index contributed by atoms with van der Waals surface area (Å²) in [6, 6.07) is 11.3. The van der Waals surface area contributed by atoms with Crippen LogP contribution in [0.25, 0.3) is 0 Å². The number of hydrogen-bond acceptors (Lipinski definition) is 5. The standard InChI is InChI=1S/C23H25ClN4O/c1-23(2,3)22-26-13-17-15-28(12-10-20(17)27-22)14-16-5-4-11-25-21(16)29-19-8-6-18(24)7-9-19/h4-9,11,13H,10,12,14-15H2,1-3H3. The number of fused-ring (bicyclic) bond motifs is 1. The zero-order valence-corrected chi connectivity index (χ0v) is 17.8. The molecule has 3 aromatic rings. The summed E-state index contributed by atoms with van der Waals surface area (Å²) in [5.74, 6) is 2.26. The van der Waals surface area contributed by atoms with Gasteiger partial charge in [0.15, 0.2) is 0 Å². The van der Waals surface area contributed by atoms with Crippen molar-refractivity contribution in [2.45, 2.75) is 45.7 Å². The zero-order chi connectivity index (χ0) is 20.4. The summed E-state index contributed by atoms with van der Waals surface area (Å²) >= 11 is 5.96. The SMILES string of the molecule is CC(C)(C)c1ncc2c(n1)CCN(Cc1cccnc1Oc1ccc(Cl)cc1)C2. The fourth-order valence-electron chi connectivity index (χ4n) is 3.36. The average Bonchev–Trinajstić information content (AvgIpc) is 2.70. The van der Waals surface area contributed by atoms with Gasteiger partial charge in [-0.15, -0.1) is 0 Å². The van der Waals surface area contributed by atoms with Crippen molar-refractivity contribution in [3.05, 3.63) is 76.5 Å². The Hall–Kier alpha value is -2.50. The summed E-state index contributed by atoms with van der Waals surface area (Å²) in [6.07, 6.45) is 4.67. The topological polar surface area (TPSA) is 51.1 Å². The van der Waals surface area contributed by atoms with Crippen LogP contribution in [0, 0.1) is 0 Å². The second-order valence-corrected chi connectivity index (χ2v) is 8.84. The molecular weight excluding hydrogens is 384 g/mol. The van der Waals surface area contributed by atoms with Crippen LogP contribution in [0.2, 0.25) is 5.02 Å². The Morgan fingerprint density at radius 1 is 1.10 bits per heavy atom. The average molecular weight is 409 g/mol. The largest absolute Gasteiger partial charge is 0.439 e. The molecule has 0 saturated carbocycles. The normalized spacial score (nSPS) is 14.5. The summed E-state index contributed by atoms with van der Waals surface area (Å²) in [4.78, 5) is 16.2. The zero-order valence-electron chi connectivity index (χ0n) is 17.0. The molecule has 0 bridgehead atoms. The van der Waals surface area contributed by atoms with Gasteiger partial charge < -0.3 is 4.74 Å². The Bertz CT molecular complexity index is 999. The minimum absolute atomic E-state index is 0.0320. The molecule has 0 fully saturated rings. The van der Waals surface area contributed by atoms with Crippen molar-refractivity contribution in [1.29, 1.82) is 0 Å². The molecule has 0 N–H and O–H groups in total. The summed E-state index contributed by atoms with van der Waals surface area (Å²) in [7, 11) is 0. The van der Waals surface area contributed by atoms with E-state index in [4.69, 9.17) is 21.3 Å². The fraction of sp³-hybridized carbons (Fsp3) is 0.348. The Morgan fingerprint density at radius 3 is 2.66 bits per heavy atom. The number of halogens is 1. The summed E-state index contributed by atoms with van der Waals surface area (Å²) in [5.41, 5.74) is 3.40. The van der Waals surface area contributed by atoms with Gasteiger partial charge in [-0.25, -0.2) is 15.0 Å². The van der Waals surface area contributed by atoms with E-state index in [-0.39, 0.29) is 5.41 Å². The Kier molecular flexibility index (Phi) is 5.52. The van der Waals surface area contributed by atoms with E-state index in [0.29, 0.717) is 10.9 Å². The van der Waals surface area contributed by atoms with Gasteiger partial charge in [-0.3, -0.25) is 4.90 Å². The molecule has 5 nitrogen and oxygen atoms in total. The molecule has 0 amide bonds. The van der Waals surface area contributed by atoms with E-state index in [0.717, 1.165) is 43.2 Å². The van der Waals surface area contributed by atoms with Gasteiger partial charge in [0.2, 0.25) is 5.88 Å². The van der Waals surface area contributed by atoms with Crippen LogP contribution in [0.15, 0.2) is 48.8 Å². The number of hydrogen-bond donors (Lipinski definition) is 0. The fourth-order valence-corrected chi connectivity index (χ4v) is 3.49. The third kappa shape index (κ3) is 4.74. The molecule has 29 heavy (non-hydrogen) atoms. The van der Waals surface area contributed by atoms with Crippen LogP contribution >= 0.6 is 11.6 Å². The monoisotopic (exact) mass is 408 g/mol. The predicted molar refractivity (Wildman–Crippen MR) is 114 cm³/mol. The highest BCUT2D eigenvalue weighted by Gasteiger charge is 2.23. The molecule has 2 aromatic heterocycles. The maximum atomic E-state index is 6.01. The van der Waals surface area contributed by atoms with Crippen LogP contribution < -0.4 is 4.74 Å². The van der Waals surface area contributed by atoms with E-state index >= 15 is 0 Å². The second kappa shape index (κ2) is 8.09. The molecule has 150 valence electrons. The van der Waals surface area contributed by atoms with Crippen molar-refractivity contribution in [3.63, 3.8) is 0 Å². The lowest BCUT2D eigenvalue weighted by Crippen LogP contribution is -2.32. The minimum atomic E-state index is -0.0320. The van der Waals surface area contributed by atoms with Crippen molar-refractivity contribution >= 4 is 11.6 Å². The van der Waals surface area contributed by atoms with Crippen molar-refractivity contribution in [1.82, 2.24) is 19.9 Å². The van der Waals surface area contributed by atoms with E-state index in [2.05, 4.69) is 41.7 Å². The van der Waals surface area contributed by atoms with E-state index in [1.165, 1.54) is 11.3 Å². The van der Waals surface area contributed by atoms with Gasteiger partial charge in [-0.2, -0.15) is 0 Å². The van der Waals surface area contributed by atoms with Gasteiger partial charge in [-0.1, -0.05) is 38.4 Å². The van der Waals surface area contributed by atoms with E-state index in [1.807, 2.05) is 36.5 Å². The van der Waals surface area contributed by atoms with Crippen molar-refractivity contribution in [2.24, 2.45) is 0 Å². The van der Waals surface area contributed by atoms with E-state index in [1.54, 1.807) is 6.20 Å². The van der Waals surface area contributed by atoms with Crippen LogP contribution in [-0.2, 0) is 24.9 Å². The quantitative estimate of drug-likeness (QED) is 0.595. The number of rotatable bonds is 4. The van der Waals surface area contributed by atoms with Gasteiger partial charge in [0.25, 0.3) is 0 Å². The van der Waals surface area contributed by atoms with Crippen molar-refractivity contribution in [2.75, 3.05) is 6.54 Å². The highest BCUT2D eigenvalue weighted by Crippen LogP contribution is 2.27. The van der Waals surface area contributed by atoms with Gasteiger partial charge in [0.05, 0.1) is 0 Å². The number of nitrogens with zero attached hydrogens (tertiary/aromatic N) is 4. The van der Waals surface area contributed by atoms with Crippen molar-refractivity contribution < 1.29 is 4.74 Å². The molecule has 0 aliphatic carbocycles. The van der Waals surface area contributed by atoms with Crippen LogP contribution in [0.1, 0.15) is 43.4 Å². The number of aromatic nitrogens is 3. The third-order valence-electron chi connectivity index (χ3n) is 4.96. The summed E-state index contributed by atoms with van der Waals surface area (Å²) in [6.45, 7) is 8.98. The van der Waals surface area contributed by atoms with Gasteiger partial charge in [0, 0.05) is 65.7 Å². The first-order chi connectivity index (χ1) is 13.9. The third-order valence-corrected chi connectivity index (χ3v) is 5.21.